The topological polar surface area (TPSA) is 68.2 Å². The minimum atomic E-state index is -3.33. The Hall–Kier alpha value is -2.08. The average Bonchev–Trinajstić information content (AvgIpc) is 3.19. The quantitative estimate of drug-likeness (QED) is 0.828. The molecule has 0 radical (unpaired) electrons. The molecule has 2 aromatic rings. The van der Waals surface area contributed by atoms with E-state index in [1.54, 1.807) is 24.3 Å². The summed E-state index contributed by atoms with van der Waals surface area (Å²) in [6.45, 7) is 4.00. The summed E-state index contributed by atoms with van der Waals surface area (Å²) in [6, 6.07) is 9.10. The van der Waals surface area contributed by atoms with E-state index in [-0.39, 0.29) is 11.2 Å². The monoisotopic (exact) mass is 386 g/mol. The van der Waals surface area contributed by atoms with Crippen molar-refractivity contribution in [3.63, 3.8) is 0 Å². The third-order valence-electron chi connectivity index (χ3n) is 5.80. The molecule has 5 nitrogen and oxygen atoms in total. The fourth-order valence-corrected chi connectivity index (χ4v) is 6.14. The molecule has 1 amide bonds. The molecule has 0 spiro atoms. The molecule has 0 saturated heterocycles. The number of rotatable bonds is 5. The number of hydrogen-bond acceptors (Lipinski definition) is 3. The van der Waals surface area contributed by atoms with Crippen molar-refractivity contribution in [3.05, 3.63) is 47.3 Å². The van der Waals surface area contributed by atoms with Crippen LogP contribution in [0.2, 0.25) is 0 Å². The Bertz CT molecular complexity index is 981. The van der Waals surface area contributed by atoms with E-state index < -0.39 is 9.84 Å². The molecule has 0 unspecified atom stereocenters. The van der Waals surface area contributed by atoms with E-state index >= 15 is 0 Å². The highest BCUT2D eigenvalue weighted by molar-refractivity contribution is 7.92. The molecule has 0 atom stereocenters. The molecule has 2 fully saturated rings. The number of nitrogens with one attached hydrogen (secondary N) is 1. The largest absolute Gasteiger partial charge is 0.345 e. The molecular weight excluding hydrogens is 360 g/mol. The summed E-state index contributed by atoms with van der Waals surface area (Å²) in [6.07, 6.45) is 5.73. The number of aromatic nitrogens is 1. The molecule has 4 rings (SSSR count). The molecule has 2 aliphatic rings. The van der Waals surface area contributed by atoms with Crippen LogP contribution in [0.5, 0.6) is 0 Å². The van der Waals surface area contributed by atoms with Crippen LogP contribution in [-0.4, -0.2) is 24.1 Å². The molecular formula is C21H26N2O3S. The van der Waals surface area contributed by atoms with E-state index in [1.165, 1.54) is 12.8 Å². The number of carbonyl (C=O) groups is 1. The summed E-state index contributed by atoms with van der Waals surface area (Å²) in [5.74, 6) is -0.189. The normalized spacial score (nSPS) is 18.0. The highest BCUT2D eigenvalue weighted by atomic mass is 32.2. The molecule has 1 aromatic carbocycles. The minimum Gasteiger partial charge on any atom is -0.345 e. The maximum atomic E-state index is 12.8. The second-order valence-corrected chi connectivity index (χ2v) is 10.0. The van der Waals surface area contributed by atoms with E-state index in [1.807, 2.05) is 19.9 Å². The van der Waals surface area contributed by atoms with Crippen LogP contribution in [0.4, 0.5) is 5.69 Å². The van der Waals surface area contributed by atoms with Gasteiger partial charge in [0, 0.05) is 23.1 Å². The van der Waals surface area contributed by atoms with E-state index in [2.05, 4.69) is 9.88 Å². The predicted octanol–water partition coefficient (Wildman–Crippen LogP) is 4.41. The Morgan fingerprint density at radius 1 is 1.07 bits per heavy atom. The lowest BCUT2D eigenvalue weighted by molar-refractivity contribution is 0.102. The molecule has 144 valence electrons. The Kier molecular flexibility index (Phi) is 4.62. The smallest absolute Gasteiger partial charge is 0.257 e. The first-order valence-electron chi connectivity index (χ1n) is 9.71. The number of amides is 1. The molecule has 1 aromatic heterocycles. The SMILES string of the molecule is Cc1cc(C(=O)Nc2cccc(S(=O)(=O)C3CCCC3)c2)c(C)n1C1CC1. The van der Waals surface area contributed by atoms with Crippen molar-refractivity contribution in [3.8, 4) is 0 Å². The maximum Gasteiger partial charge on any atom is 0.257 e. The zero-order valence-electron chi connectivity index (χ0n) is 15.9. The second-order valence-electron chi connectivity index (χ2n) is 7.82. The summed E-state index contributed by atoms with van der Waals surface area (Å²) in [5, 5.41) is 2.59. The fraction of sp³-hybridized carbons (Fsp3) is 0.476. The zero-order chi connectivity index (χ0) is 19.2. The van der Waals surface area contributed by atoms with E-state index in [9.17, 15) is 13.2 Å². The van der Waals surface area contributed by atoms with Crippen LogP contribution in [0.1, 0.15) is 66.3 Å². The van der Waals surface area contributed by atoms with Crippen LogP contribution in [-0.2, 0) is 9.84 Å². The van der Waals surface area contributed by atoms with Gasteiger partial charge in [0.1, 0.15) is 0 Å². The van der Waals surface area contributed by atoms with Gasteiger partial charge in [0.25, 0.3) is 5.91 Å². The summed E-state index contributed by atoms with van der Waals surface area (Å²) < 4.78 is 27.9. The molecule has 27 heavy (non-hydrogen) atoms. The van der Waals surface area contributed by atoms with Crippen LogP contribution in [0.3, 0.4) is 0 Å². The van der Waals surface area contributed by atoms with Crippen LogP contribution >= 0.6 is 0 Å². The first-order chi connectivity index (χ1) is 12.9. The molecule has 0 bridgehead atoms. The third kappa shape index (κ3) is 3.43. The molecule has 6 heteroatoms. The van der Waals surface area contributed by atoms with Gasteiger partial charge in [-0.15, -0.1) is 0 Å². The van der Waals surface area contributed by atoms with E-state index in [4.69, 9.17) is 0 Å². The molecule has 0 aliphatic heterocycles. The Labute approximate surface area is 160 Å². The molecule has 2 saturated carbocycles. The number of nitrogens with zero attached hydrogens (tertiary/aromatic N) is 1. The van der Waals surface area contributed by atoms with Gasteiger partial charge in [0.2, 0.25) is 0 Å². The number of carbonyl (C=O) groups excluding carboxylic acids is 1. The summed E-state index contributed by atoms with van der Waals surface area (Å²) in [7, 11) is -3.33. The lowest BCUT2D eigenvalue weighted by atomic mass is 10.2. The van der Waals surface area contributed by atoms with Crippen LogP contribution < -0.4 is 5.32 Å². The minimum absolute atomic E-state index is 0.189. The van der Waals surface area contributed by atoms with Crippen molar-refractivity contribution >= 4 is 21.4 Å². The number of anilines is 1. The number of aryl methyl sites for hydroxylation is 1. The Morgan fingerprint density at radius 2 is 1.78 bits per heavy atom. The fourth-order valence-electron chi connectivity index (χ4n) is 4.24. The van der Waals surface area contributed by atoms with Gasteiger partial charge >= 0.3 is 0 Å². The lowest BCUT2D eigenvalue weighted by Gasteiger charge is -2.13. The molecule has 1 heterocycles. The lowest BCUT2D eigenvalue weighted by Crippen LogP contribution is -2.18. The van der Waals surface area contributed by atoms with Crippen molar-refractivity contribution in [2.24, 2.45) is 0 Å². The number of sulfone groups is 1. The first-order valence-corrected chi connectivity index (χ1v) is 11.3. The standard InChI is InChI=1S/C21H26N2O3S/c1-14-12-20(15(2)23(14)17-10-11-17)21(24)22-16-6-5-9-19(13-16)27(25,26)18-7-3-4-8-18/h5-6,9,12-13,17-18H,3-4,7-8,10-11H2,1-2H3,(H,22,24). The average molecular weight is 387 g/mol. The first kappa shape index (κ1) is 18.3. The zero-order valence-corrected chi connectivity index (χ0v) is 16.7. The molecule has 2 aliphatic carbocycles. The van der Waals surface area contributed by atoms with Crippen molar-refractivity contribution in [2.45, 2.75) is 68.6 Å². The van der Waals surface area contributed by atoms with Gasteiger partial charge in [-0.1, -0.05) is 18.9 Å². The van der Waals surface area contributed by atoms with Crippen LogP contribution in [0.25, 0.3) is 0 Å². The van der Waals surface area contributed by atoms with Gasteiger partial charge in [0.15, 0.2) is 9.84 Å². The second kappa shape index (κ2) is 6.82. The van der Waals surface area contributed by atoms with Crippen LogP contribution in [0.15, 0.2) is 35.2 Å². The summed E-state index contributed by atoms with van der Waals surface area (Å²) >= 11 is 0. The maximum absolute atomic E-state index is 12.8. The van der Waals surface area contributed by atoms with Crippen molar-refractivity contribution in [1.29, 1.82) is 0 Å². The summed E-state index contributed by atoms with van der Waals surface area (Å²) in [5.41, 5.74) is 3.25. The highest BCUT2D eigenvalue weighted by Crippen LogP contribution is 2.38. The van der Waals surface area contributed by atoms with Gasteiger partial charge in [-0.25, -0.2) is 8.42 Å². The van der Waals surface area contributed by atoms with Gasteiger partial charge < -0.3 is 9.88 Å². The number of benzene rings is 1. The van der Waals surface area contributed by atoms with Gasteiger partial charge in [-0.3, -0.25) is 4.79 Å². The van der Waals surface area contributed by atoms with E-state index in [0.717, 1.165) is 37.1 Å². The van der Waals surface area contributed by atoms with Gasteiger partial charge in [-0.2, -0.15) is 0 Å². The third-order valence-corrected chi connectivity index (χ3v) is 8.06. The van der Waals surface area contributed by atoms with Crippen molar-refractivity contribution in [2.75, 3.05) is 5.32 Å². The van der Waals surface area contributed by atoms with Crippen molar-refractivity contribution in [1.82, 2.24) is 4.57 Å². The van der Waals surface area contributed by atoms with Crippen LogP contribution in [0, 0.1) is 13.8 Å². The van der Waals surface area contributed by atoms with Crippen molar-refractivity contribution < 1.29 is 13.2 Å². The van der Waals surface area contributed by atoms with Gasteiger partial charge in [-0.05, 0) is 63.8 Å². The number of hydrogen-bond donors (Lipinski definition) is 1. The Balaban J connectivity index is 1.57. The van der Waals surface area contributed by atoms with E-state index in [0.29, 0.717) is 22.2 Å². The Morgan fingerprint density at radius 3 is 2.44 bits per heavy atom. The van der Waals surface area contributed by atoms with Gasteiger partial charge in [0.05, 0.1) is 15.7 Å². The highest BCUT2D eigenvalue weighted by Gasteiger charge is 2.31. The summed E-state index contributed by atoms with van der Waals surface area (Å²) in [4.78, 5) is 13.1. The predicted molar refractivity (Wildman–Crippen MR) is 106 cm³/mol. The molecule has 1 N–H and O–H groups in total.